The first kappa shape index (κ1) is 13.8. The number of aromatic nitrogens is 2. The molecule has 0 bridgehead atoms. The van der Waals surface area contributed by atoms with Gasteiger partial charge in [-0.1, -0.05) is 11.6 Å². The summed E-state index contributed by atoms with van der Waals surface area (Å²) in [5.41, 5.74) is 0.0411. The highest BCUT2D eigenvalue weighted by molar-refractivity contribution is 7.89. The highest BCUT2D eigenvalue weighted by atomic mass is 35.5. The molecule has 1 aromatic rings. The van der Waals surface area contributed by atoms with Crippen molar-refractivity contribution in [1.29, 1.82) is 0 Å². The molecule has 1 amide bonds. The van der Waals surface area contributed by atoms with E-state index in [9.17, 15) is 13.2 Å². The molecule has 1 rings (SSSR count). The number of halogens is 1. The van der Waals surface area contributed by atoms with Crippen molar-refractivity contribution in [1.82, 2.24) is 20.0 Å². The maximum Gasteiger partial charge on any atom is 0.271 e. The predicted octanol–water partition coefficient (Wildman–Crippen LogP) is -0.591. The smallest absolute Gasteiger partial charge is 0.271 e. The summed E-state index contributed by atoms with van der Waals surface area (Å²) in [6.07, 6.45) is 2.54. The zero-order valence-corrected chi connectivity index (χ0v) is 10.5. The molecule has 0 spiro atoms. The Morgan fingerprint density at radius 3 is 2.76 bits per heavy atom. The highest BCUT2D eigenvalue weighted by Gasteiger charge is 2.10. The molecule has 2 N–H and O–H groups in total. The second kappa shape index (κ2) is 5.89. The molecule has 0 aliphatic carbocycles. The summed E-state index contributed by atoms with van der Waals surface area (Å²) in [4.78, 5) is 18.9. The van der Waals surface area contributed by atoms with E-state index in [0.717, 1.165) is 0 Å². The third kappa shape index (κ3) is 4.63. The van der Waals surface area contributed by atoms with Gasteiger partial charge in [0.2, 0.25) is 10.0 Å². The van der Waals surface area contributed by atoms with E-state index in [4.69, 9.17) is 11.6 Å². The van der Waals surface area contributed by atoms with Crippen LogP contribution in [0.15, 0.2) is 12.4 Å². The van der Waals surface area contributed by atoms with Crippen LogP contribution < -0.4 is 10.0 Å². The molecule has 0 atom stereocenters. The van der Waals surface area contributed by atoms with Crippen LogP contribution in [0.3, 0.4) is 0 Å². The number of rotatable bonds is 5. The molecule has 7 nitrogen and oxygen atoms in total. The van der Waals surface area contributed by atoms with Crippen molar-refractivity contribution in [3.63, 3.8) is 0 Å². The molecule has 0 unspecified atom stereocenters. The Kier molecular flexibility index (Phi) is 4.79. The summed E-state index contributed by atoms with van der Waals surface area (Å²) < 4.78 is 24.3. The molecule has 0 radical (unpaired) electrons. The molecule has 0 saturated carbocycles. The van der Waals surface area contributed by atoms with Gasteiger partial charge in [-0.15, -0.1) is 0 Å². The van der Waals surface area contributed by atoms with E-state index in [-0.39, 0.29) is 23.1 Å². The number of carbonyl (C=O) groups excluding carboxylic acids is 1. The van der Waals surface area contributed by atoms with Crippen LogP contribution in [0.5, 0.6) is 0 Å². The fourth-order valence-corrected chi connectivity index (χ4v) is 1.67. The average Bonchev–Trinajstić information content (AvgIpc) is 2.28. The lowest BCUT2D eigenvalue weighted by atomic mass is 10.4. The Labute approximate surface area is 104 Å². The minimum Gasteiger partial charge on any atom is -0.350 e. The van der Waals surface area contributed by atoms with Gasteiger partial charge in [0.25, 0.3) is 5.91 Å². The topological polar surface area (TPSA) is 101 Å². The Balaban J connectivity index is 2.51. The molecule has 0 saturated heterocycles. The van der Waals surface area contributed by atoms with Gasteiger partial charge in [0.1, 0.15) is 10.8 Å². The van der Waals surface area contributed by atoms with Crippen molar-refractivity contribution >= 4 is 27.5 Å². The number of sulfonamides is 1. The van der Waals surface area contributed by atoms with E-state index in [0.29, 0.717) is 0 Å². The number of hydrogen-bond acceptors (Lipinski definition) is 5. The van der Waals surface area contributed by atoms with Gasteiger partial charge in [-0.25, -0.2) is 18.1 Å². The number of hydrogen-bond donors (Lipinski definition) is 2. The van der Waals surface area contributed by atoms with Crippen molar-refractivity contribution < 1.29 is 13.2 Å². The number of nitrogens with zero attached hydrogens (tertiary/aromatic N) is 2. The summed E-state index contributed by atoms with van der Waals surface area (Å²) in [7, 11) is -2.03. The third-order valence-corrected chi connectivity index (χ3v) is 3.35. The second-order valence-corrected chi connectivity index (χ2v) is 5.44. The van der Waals surface area contributed by atoms with Crippen LogP contribution in [0.2, 0.25) is 5.15 Å². The van der Waals surface area contributed by atoms with Gasteiger partial charge in [-0.2, -0.15) is 0 Å². The van der Waals surface area contributed by atoms with Crippen molar-refractivity contribution in [2.75, 3.05) is 19.3 Å². The second-order valence-electron chi connectivity index (χ2n) is 3.01. The Morgan fingerprint density at radius 1 is 1.47 bits per heavy atom. The van der Waals surface area contributed by atoms with Gasteiger partial charge in [-0.3, -0.25) is 9.78 Å². The van der Waals surface area contributed by atoms with Crippen molar-refractivity contribution in [2.45, 2.75) is 0 Å². The molecule has 1 aromatic heterocycles. The van der Waals surface area contributed by atoms with E-state index < -0.39 is 15.9 Å². The molecule has 17 heavy (non-hydrogen) atoms. The van der Waals surface area contributed by atoms with Crippen LogP contribution in [0, 0.1) is 0 Å². The minimum absolute atomic E-state index is 0.0177. The summed E-state index contributed by atoms with van der Waals surface area (Å²) >= 11 is 5.56. The molecule has 0 aromatic carbocycles. The average molecular weight is 279 g/mol. The first-order valence-electron chi connectivity index (χ1n) is 4.61. The largest absolute Gasteiger partial charge is 0.350 e. The summed E-state index contributed by atoms with van der Waals surface area (Å²) in [5, 5.41) is 2.50. The van der Waals surface area contributed by atoms with Crippen molar-refractivity contribution in [3.8, 4) is 0 Å². The van der Waals surface area contributed by atoms with Gasteiger partial charge < -0.3 is 5.32 Å². The third-order valence-electron chi connectivity index (χ3n) is 1.81. The maximum atomic E-state index is 11.5. The maximum absolute atomic E-state index is 11.5. The molecular formula is C8H11ClN4O3S. The minimum atomic E-state index is -3.33. The first-order chi connectivity index (χ1) is 7.94. The summed E-state index contributed by atoms with van der Waals surface area (Å²) in [6, 6.07) is 0. The van der Waals surface area contributed by atoms with Gasteiger partial charge in [0.05, 0.1) is 18.1 Å². The van der Waals surface area contributed by atoms with E-state index in [2.05, 4.69) is 20.0 Å². The fourth-order valence-electron chi connectivity index (χ4n) is 0.943. The zero-order chi connectivity index (χ0) is 12.9. The number of nitrogens with one attached hydrogen (secondary N) is 2. The quantitative estimate of drug-likeness (QED) is 0.750. The van der Waals surface area contributed by atoms with Crippen molar-refractivity contribution in [2.24, 2.45) is 0 Å². The van der Waals surface area contributed by atoms with Crippen LogP contribution in [0.1, 0.15) is 10.5 Å². The Bertz CT molecular complexity index is 505. The Hall–Kier alpha value is -1.25. The lowest BCUT2D eigenvalue weighted by Gasteiger charge is -2.04. The summed E-state index contributed by atoms with van der Waals surface area (Å²) in [6.45, 7) is -0.0177. The van der Waals surface area contributed by atoms with Gasteiger partial charge >= 0.3 is 0 Å². The van der Waals surface area contributed by atoms with E-state index in [1.807, 2.05) is 0 Å². The lowest BCUT2D eigenvalue weighted by Crippen LogP contribution is -2.33. The van der Waals surface area contributed by atoms with E-state index in [1.54, 1.807) is 0 Å². The van der Waals surface area contributed by atoms with Crippen LogP contribution in [-0.4, -0.2) is 43.6 Å². The molecule has 1 heterocycles. The van der Waals surface area contributed by atoms with Crippen LogP contribution in [-0.2, 0) is 10.0 Å². The Morgan fingerprint density at radius 2 is 2.18 bits per heavy atom. The molecular weight excluding hydrogens is 268 g/mol. The van der Waals surface area contributed by atoms with E-state index >= 15 is 0 Å². The highest BCUT2D eigenvalue weighted by Crippen LogP contribution is 2.01. The molecule has 94 valence electrons. The summed E-state index contributed by atoms with van der Waals surface area (Å²) in [5.74, 6) is -0.727. The fraction of sp³-hybridized carbons (Fsp3) is 0.375. The van der Waals surface area contributed by atoms with Crippen LogP contribution in [0.4, 0.5) is 0 Å². The monoisotopic (exact) mass is 278 g/mol. The normalized spacial score (nSPS) is 11.2. The predicted molar refractivity (Wildman–Crippen MR) is 62.2 cm³/mol. The van der Waals surface area contributed by atoms with Crippen molar-refractivity contribution in [3.05, 3.63) is 23.2 Å². The van der Waals surface area contributed by atoms with Crippen LogP contribution in [0.25, 0.3) is 0 Å². The van der Waals surface area contributed by atoms with Gasteiger partial charge in [0, 0.05) is 6.54 Å². The van der Waals surface area contributed by atoms with Gasteiger partial charge in [0.15, 0.2) is 0 Å². The SMILES string of the molecule is CNS(=O)(=O)CCNC(=O)c1cncc(Cl)n1. The zero-order valence-electron chi connectivity index (χ0n) is 8.97. The van der Waals surface area contributed by atoms with E-state index in [1.165, 1.54) is 19.4 Å². The molecule has 0 aliphatic rings. The molecule has 0 fully saturated rings. The number of carbonyl (C=O) groups is 1. The van der Waals surface area contributed by atoms with Gasteiger partial charge in [-0.05, 0) is 7.05 Å². The number of amides is 1. The standard InChI is InChI=1S/C8H11ClN4O3S/c1-10-17(15,16)3-2-12-8(14)6-4-11-5-7(9)13-6/h4-5,10H,2-3H2,1H3,(H,12,14). The van der Waals surface area contributed by atoms with Crippen LogP contribution >= 0.6 is 11.6 Å². The molecule has 0 aliphatic heterocycles. The molecule has 9 heteroatoms. The first-order valence-corrected chi connectivity index (χ1v) is 6.64. The lowest BCUT2D eigenvalue weighted by molar-refractivity contribution is 0.0950.